The summed E-state index contributed by atoms with van der Waals surface area (Å²) in [7, 11) is 0. The van der Waals surface area contributed by atoms with E-state index in [1.165, 1.54) is 43.6 Å². The lowest BCUT2D eigenvalue weighted by atomic mass is 9.99. The SMILES string of the molecule is Cc1cnc2c(c1)nc(C1CC1)n2CC1CCCNC1. The van der Waals surface area contributed by atoms with E-state index in [0.717, 1.165) is 30.2 Å². The maximum absolute atomic E-state index is 4.88. The van der Waals surface area contributed by atoms with E-state index in [9.17, 15) is 0 Å². The quantitative estimate of drug-likeness (QED) is 0.932. The van der Waals surface area contributed by atoms with Crippen LogP contribution in [0.2, 0.25) is 0 Å². The van der Waals surface area contributed by atoms with Gasteiger partial charge in [0.1, 0.15) is 11.3 Å². The summed E-state index contributed by atoms with van der Waals surface area (Å²) in [4.78, 5) is 9.54. The minimum absolute atomic E-state index is 0.682. The Labute approximate surface area is 119 Å². The molecule has 2 fully saturated rings. The van der Waals surface area contributed by atoms with Gasteiger partial charge >= 0.3 is 0 Å². The summed E-state index contributed by atoms with van der Waals surface area (Å²) in [6.07, 6.45) is 7.18. The lowest BCUT2D eigenvalue weighted by Crippen LogP contribution is -2.32. The zero-order chi connectivity index (χ0) is 13.5. The van der Waals surface area contributed by atoms with Crippen LogP contribution >= 0.6 is 0 Å². The second-order valence-corrected chi connectivity index (χ2v) is 6.42. The maximum atomic E-state index is 4.88. The average molecular weight is 270 g/mol. The molecule has 1 saturated carbocycles. The third kappa shape index (κ3) is 2.22. The molecule has 1 aliphatic carbocycles. The highest BCUT2D eigenvalue weighted by atomic mass is 15.1. The minimum atomic E-state index is 0.682. The molecule has 0 amide bonds. The van der Waals surface area contributed by atoms with E-state index in [2.05, 4.69) is 27.9 Å². The monoisotopic (exact) mass is 270 g/mol. The lowest BCUT2D eigenvalue weighted by molar-refractivity contribution is 0.336. The first-order valence-electron chi connectivity index (χ1n) is 7.85. The summed E-state index contributed by atoms with van der Waals surface area (Å²) < 4.78 is 2.41. The molecule has 0 radical (unpaired) electrons. The summed E-state index contributed by atoms with van der Waals surface area (Å²) in [6, 6.07) is 2.17. The van der Waals surface area contributed by atoms with E-state index < -0.39 is 0 Å². The average Bonchev–Trinajstić information content (AvgIpc) is 3.24. The second-order valence-electron chi connectivity index (χ2n) is 6.42. The highest BCUT2D eigenvalue weighted by molar-refractivity contribution is 5.72. The van der Waals surface area contributed by atoms with Crippen LogP contribution in [0, 0.1) is 12.8 Å². The Morgan fingerprint density at radius 1 is 1.35 bits per heavy atom. The second kappa shape index (κ2) is 4.85. The van der Waals surface area contributed by atoms with Crippen molar-refractivity contribution in [3.8, 4) is 0 Å². The smallest absolute Gasteiger partial charge is 0.160 e. The molecule has 4 nitrogen and oxygen atoms in total. The Bertz CT molecular complexity index is 621. The predicted octanol–water partition coefficient (Wildman–Crippen LogP) is 2.62. The molecule has 4 heteroatoms. The van der Waals surface area contributed by atoms with Crippen LogP contribution < -0.4 is 5.32 Å². The molecule has 2 aromatic heterocycles. The van der Waals surface area contributed by atoms with Crippen LogP contribution in [0.4, 0.5) is 0 Å². The lowest BCUT2D eigenvalue weighted by Gasteiger charge is -2.24. The predicted molar refractivity (Wildman–Crippen MR) is 79.8 cm³/mol. The standard InChI is InChI=1S/C16H22N4/c1-11-7-14-16(18-8-11)20(15(19-14)13-4-5-13)10-12-3-2-6-17-9-12/h7-8,12-13,17H,2-6,9-10H2,1H3. The van der Waals surface area contributed by atoms with E-state index in [1.807, 2.05) is 6.20 Å². The summed E-state index contributed by atoms with van der Waals surface area (Å²) >= 11 is 0. The van der Waals surface area contributed by atoms with Crippen LogP contribution in [0.5, 0.6) is 0 Å². The van der Waals surface area contributed by atoms with Gasteiger partial charge in [0.15, 0.2) is 5.65 Å². The van der Waals surface area contributed by atoms with Gasteiger partial charge in [0.05, 0.1) is 0 Å². The zero-order valence-corrected chi connectivity index (χ0v) is 12.1. The van der Waals surface area contributed by atoms with Gasteiger partial charge in [-0.25, -0.2) is 9.97 Å². The van der Waals surface area contributed by atoms with Crippen LogP contribution in [0.1, 0.15) is 43.0 Å². The van der Waals surface area contributed by atoms with Crippen LogP contribution in [-0.4, -0.2) is 27.6 Å². The molecule has 1 aliphatic heterocycles. The Hall–Kier alpha value is -1.42. The molecule has 0 spiro atoms. The van der Waals surface area contributed by atoms with Crippen LogP contribution in [0.25, 0.3) is 11.2 Å². The van der Waals surface area contributed by atoms with Crippen molar-refractivity contribution in [1.82, 2.24) is 19.9 Å². The Morgan fingerprint density at radius 2 is 2.25 bits per heavy atom. The Balaban J connectivity index is 1.73. The van der Waals surface area contributed by atoms with Crippen molar-refractivity contribution >= 4 is 11.2 Å². The van der Waals surface area contributed by atoms with Gasteiger partial charge < -0.3 is 9.88 Å². The van der Waals surface area contributed by atoms with Gasteiger partial charge in [-0.3, -0.25) is 0 Å². The van der Waals surface area contributed by atoms with Gasteiger partial charge in [-0.2, -0.15) is 0 Å². The van der Waals surface area contributed by atoms with E-state index in [1.54, 1.807) is 0 Å². The number of pyridine rings is 1. The van der Waals surface area contributed by atoms with Crippen molar-refractivity contribution in [3.05, 3.63) is 23.7 Å². The number of hydrogen-bond acceptors (Lipinski definition) is 3. The molecule has 0 aromatic carbocycles. The number of rotatable bonds is 3. The first kappa shape index (κ1) is 12.3. The molecule has 0 bridgehead atoms. The van der Waals surface area contributed by atoms with Crippen LogP contribution in [-0.2, 0) is 6.54 Å². The van der Waals surface area contributed by atoms with E-state index >= 15 is 0 Å². The largest absolute Gasteiger partial charge is 0.316 e. The molecule has 3 heterocycles. The number of nitrogens with zero attached hydrogens (tertiary/aromatic N) is 3. The third-order valence-corrected chi connectivity index (χ3v) is 4.53. The van der Waals surface area contributed by atoms with Gasteiger partial charge in [-0.1, -0.05) is 0 Å². The topological polar surface area (TPSA) is 42.7 Å². The molecule has 4 rings (SSSR count). The third-order valence-electron chi connectivity index (χ3n) is 4.53. The van der Waals surface area contributed by atoms with Crippen LogP contribution in [0.3, 0.4) is 0 Å². The summed E-state index contributed by atoms with van der Waals surface area (Å²) in [5, 5.41) is 3.51. The number of aryl methyl sites for hydroxylation is 1. The fraction of sp³-hybridized carbons (Fsp3) is 0.625. The fourth-order valence-corrected chi connectivity index (χ4v) is 3.30. The molecule has 1 saturated heterocycles. The van der Waals surface area contributed by atoms with Crippen molar-refractivity contribution in [3.63, 3.8) is 0 Å². The van der Waals surface area contributed by atoms with E-state index in [4.69, 9.17) is 4.98 Å². The molecule has 1 unspecified atom stereocenters. The number of nitrogens with one attached hydrogen (secondary N) is 1. The number of piperidine rings is 1. The molecular formula is C16H22N4. The van der Waals surface area contributed by atoms with Gasteiger partial charge in [-0.05, 0) is 63.2 Å². The van der Waals surface area contributed by atoms with E-state index in [0.29, 0.717) is 5.92 Å². The minimum Gasteiger partial charge on any atom is -0.316 e. The van der Waals surface area contributed by atoms with Gasteiger partial charge in [0.2, 0.25) is 0 Å². The summed E-state index contributed by atoms with van der Waals surface area (Å²) in [5.41, 5.74) is 3.36. The molecule has 20 heavy (non-hydrogen) atoms. The molecule has 1 N–H and O–H groups in total. The number of fused-ring (bicyclic) bond motifs is 1. The molecule has 2 aliphatic rings. The first-order valence-corrected chi connectivity index (χ1v) is 7.85. The maximum Gasteiger partial charge on any atom is 0.160 e. The van der Waals surface area contributed by atoms with Crippen molar-refractivity contribution in [1.29, 1.82) is 0 Å². The number of imidazole rings is 1. The highest BCUT2D eigenvalue weighted by Gasteiger charge is 2.30. The van der Waals surface area contributed by atoms with Gasteiger partial charge in [0, 0.05) is 18.7 Å². The molecule has 106 valence electrons. The van der Waals surface area contributed by atoms with E-state index in [-0.39, 0.29) is 0 Å². The van der Waals surface area contributed by atoms with Gasteiger partial charge in [0.25, 0.3) is 0 Å². The van der Waals surface area contributed by atoms with Crippen LogP contribution in [0.15, 0.2) is 12.3 Å². The summed E-state index contributed by atoms with van der Waals surface area (Å²) in [6.45, 7) is 5.47. The fourth-order valence-electron chi connectivity index (χ4n) is 3.30. The molecular weight excluding hydrogens is 248 g/mol. The zero-order valence-electron chi connectivity index (χ0n) is 12.1. The van der Waals surface area contributed by atoms with Crippen molar-refractivity contribution in [2.75, 3.05) is 13.1 Å². The van der Waals surface area contributed by atoms with Crippen molar-refractivity contribution < 1.29 is 0 Å². The Kier molecular flexibility index (Phi) is 2.99. The highest BCUT2D eigenvalue weighted by Crippen LogP contribution is 2.40. The van der Waals surface area contributed by atoms with Crippen molar-refractivity contribution in [2.45, 2.75) is 45.1 Å². The number of aromatic nitrogens is 3. The van der Waals surface area contributed by atoms with Gasteiger partial charge in [-0.15, -0.1) is 0 Å². The van der Waals surface area contributed by atoms with Crippen molar-refractivity contribution in [2.24, 2.45) is 5.92 Å². The molecule has 1 atom stereocenters. The molecule has 2 aromatic rings. The normalized spacial score (nSPS) is 23.4. The first-order chi connectivity index (χ1) is 9.81. The number of hydrogen-bond donors (Lipinski definition) is 1. The Morgan fingerprint density at radius 3 is 3.00 bits per heavy atom. The summed E-state index contributed by atoms with van der Waals surface area (Å²) in [5.74, 6) is 2.69.